The number of phosphoric acid groups is 1. The summed E-state index contributed by atoms with van der Waals surface area (Å²) in [6, 6.07) is 0. The number of hydrazone groups is 1. The number of unbranched alkanes of at least 4 members (excludes halogenated alkanes) is 8. The van der Waals surface area contributed by atoms with Crippen LogP contribution in [0.15, 0.2) is 45.8 Å². The van der Waals surface area contributed by atoms with E-state index < -0.39 is 125 Å². The number of nitrogens with one attached hydrogen (secondary N) is 5. The summed E-state index contributed by atoms with van der Waals surface area (Å²) in [6.07, 6.45) is -3.35. The highest BCUT2D eigenvalue weighted by molar-refractivity contribution is 7.47. The molecule has 0 spiro atoms. The van der Waals surface area contributed by atoms with Gasteiger partial charge in [-0.3, -0.25) is 47.6 Å². The molecule has 0 aromatic rings. The molecule has 0 saturated carbocycles. The Balaban J connectivity index is 1.50. The zero-order chi connectivity index (χ0) is 110. The zero-order valence-corrected chi connectivity index (χ0v) is 88.2. The molecule has 3 rings (SSSR count). The highest BCUT2D eigenvalue weighted by atomic mass is 31.2. The molecule has 2 amide bonds. The lowest BCUT2D eigenvalue weighted by Crippen LogP contribution is -2.59. The van der Waals surface area contributed by atoms with Crippen LogP contribution in [0.3, 0.4) is 0 Å². The molecule has 52 nitrogen and oxygen atoms in total. The number of carbonyl (C=O) groups is 7. The van der Waals surface area contributed by atoms with E-state index in [0.29, 0.717) is 230 Å². The van der Waals surface area contributed by atoms with Crippen LogP contribution in [0.25, 0.3) is 0 Å². The largest absolute Gasteiger partial charge is 0.471 e. The highest BCUT2D eigenvalue weighted by Gasteiger charge is 2.47. The van der Waals surface area contributed by atoms with Crippen molar-refractivity contribution in [2.75, 3.05) is 245 Å². The molecule has 0 bridgehead atoms. The summed E-state index contributed by atoms with van der Waals surface area (Å²) in [5.41, 5.74) is 19.1. The fourth-order valence-electron chi connectivity index (χ4n) is 14.6. The van der Waals surface area contributed by atoms with Crippen LogP contribution in [0.2, 0.25) is 0 Å². The quantitative estimate of drug-likeness (QED) is 0.00954. The molecule has 53 heteroatoms. The first-order chi connectivity index (χ1) is 72.4. The molecule has 0 radical (unpaired) electrons. The van der Waals surface area contributed by atoms with E-state index >= 15 is 0 Å². The number of phosphoric ester groups is 1. The van der Waals surface area contributed by atoms with Crippen LogP contribution in [-0.2, 0) is 132 Å². The predicted molar refractivity (Wildman–Crippen MR) is 540 cm³/mol. The number of carbonyl (C=O) groups excluding carboxylic acids is 7. The maximum atomic E-state index is 14.1. The van der Waals surface area contributed by atoms with Crippen LogP contribution in [0, 0.1) is 0 Å². The Bertz CT molecular complexity index is 3430. The van der Waals surface area contributed by atoms with Crippen molar-refractivity contribution < 1.29 is 199 Å². The first-order valence-electron chi connectivity index (χ1n) is 52.1. The van der Waals surface area contributed by atoms with E-state index in [0.717, 1.165) is 7.11 Å². The predicted octanol–water partition coefficient (Wildman–Crippen LogP) is -2.92. The highest BCUT2D eigenvalue weighted by Crippen LogP contribution is 2.42. The number of hydrogen-bond acceptors (Lipinski definition) is 49. The van der Waals surface area contributed by atoms with Crippen LogP contribution in [0.1, 0.15) is 186 Å². The van der Waals surface area contributed by atoms with E-state index in [2.05, 4.69) is 41.2 Å². The summed E-state index contributed by atoms with van der Waals surface area (Å²) in [6.45, 7) is 4.59. The number of nitrogens with zero attached hydrogens (tertiary/aromatic N) is 2. The standard InChI is InChI=1S/C97H178N11O41P/c1-130-150(128,129)146-36-14-11-15-74(108-101)64-102-31-12-4-9-21-84(118)107-97(68-140-37-28-78(115)18-7-2-5-16-75(112)25-22-71(98)61-103-33-40-131-43-46-134-49-52-137-55-58-143-94-91(125)88(122)85(119)80(65-109)147-94,69-141-38-29-79(116)19-8-3-6-17-76(113)26-23-72(99)62-104-34-41-132-44-47-135-50-53-138-56-59-144-95-92(126)89(123)86(120)81(66-110)148-95)70-142-39-30-83(117)106-32-13-10-20-77(114)27-24-73(100)63-105-35-42-133-45-48-136-51-54-139-57-60-145-96-93(127)90(124)87(121)82(67-111)149-96/h61-64,80-82,85-96,103-105,109-111,119-127H,2-60,65-70,98-101H2,1H3,(H,106,117)(H,107,118)(H,128,129)/b71-61-,72-62-,73-63-,102-64?,108-74?/t80?,81?,82?,85-,86-,87-,88+,89+,90+,91?,92?,93?,94+,95+,96+,97?/m1/s1. The van der Waals surface area contributed by atoms with Crippen LogP contribution in [0.4, 0.5) is 0 Å². The number of Topliss-reactive ketones (excluding diaryl/α,β-unsaturated/α-hetero) is 5. The third kappa shape index (κ3) is 68.0. The van der Waals surface area contributed by atoms with Gasteiger partial charge < -0.3 is 201 Å². The van der Waals surface area contributed by atoms with E-state index in [-0.39, 0.29) is 237 Å². The van der Waals surface area contributed by atoms with Gasteiger partial charge in [-0.05, 0) is 89.9 Å². The topological polar surface area (TPSA) is 773 Å². The number of ketones is 5. The Morgan fingerprint density at radius 2 is 0.647 bits per heavy atom. The average molecular weight is 2190 g/mol. The van der Waals surface area contributed by atoms with Crippen molar-refractivity contribution in [2.45, 2.75) is 284 Å². The smallest absolute Gasteiger partial charge is 0.401 e. The lowest BCUT2D eigenvalue weighted by atomic mass is 9.99. The lowest BCUT2D eigenvalue weighted by Gasteiger charge is -2.39. The molecular formula is C97H178N11O41P. The van der Waals surface area contributed by atoms with Gasteiger partial charge in [-0.2, -0.15) is 5.10 Å². The number of nitrogens with two attached hydrogens (primary N) is 4. The molecule has 7 unspecified atom stereocenters. The van der Waals surface area contributed by atoms with Gasteiger partial charge in [0.15, 0.2) is 18.9 Å². The third-order valence-electron chi connectivity index (χ3n) is 23.4. The van der Waals surface area contributed by atoms with Crippen LogP contribution in [-0.4, -0.2) is 461 Å². The molecule has 3 fully saturated rings. The van der Waals surface area contributed by atoms with Crippen molar-refractivity contribution in [1.82, 2.24) is 26.6 Å². The van der Waals surface area contributed by atoms with Gasteiger partial charge in [-0.1, -0.05) is 19.3 Å². The zero-order valence-electron chi connectivity index (χ0n) is 87.3. The molecule has 3 aliphatic heterocycles. The minimum Gasteiger partial charge on any atom is -0.401 e. The summed E-state index contributed by atoms with van der Waals surface area (Å²) in [4.78, 5) is 106. The van der Waals surface area contributed by atoms with Gasteiger partial charge in [0.1, 0.15) is 108 Å². The number of aliphatic hydroxyl groups excluding tert-OH is 12. The van der Waals surface area contributed by atoms with Gasteiger partial charge in [0.25, 0.3) is 0 Å². The second-order valence-electron chi connectivity index (χ2n) is 36.0. The Morgan fingerprint density at radius 3 is 0.993 bits per heavy atom. The molecule has 0 aromatic heterocycles. The summed E-state index contributed by atoms with van der Waals surface area (Å²) in [5, 5.41) is 137. The van der Waals surface area contributed by atoms with Gasteiger partial charge in [-0.25, -0.2) is 4.57 Å². The summed E-state index contributed by atoms with van der Waals surface area (Å²) in [7, 11) is -3.03. The summed E-state index contributed by atoms with van der Waals surface area (Å²) >= 11 is 0. The Morgan fingerprint density at radius 1 is 0.333 bits per heavy atom. The van der Waals surface area contributed by atoms with E-state index in [1.165, 1.54) is 0 Å². The van der Waals surface area contributed by atoms with Crippen LogP contribution in [0.5, 0.6) is 0 Å². The minimum absolute atomic E-state index is 0.00503. The number of ether oxygens (including phenoxy) is 18. The van der Waals surface area contributed by atoms with Crippen LogP contribution >= 0.6 is 7.82 Å². The second kappa shape index (κ2) is 88.4. The van der Waals surface area contributed by atoms with Gasteiger partial charge >= 0.3 is 7.82 Å². The fourth-order valence-corrected chi connectivity index (χ4v) is 15.0. The maximum absolute atomic E-state index is 14.1. The van der Waals surface area contributed by atoms with Crippen molar-refractivity contribution in [3.8, 4) is 0 Å². The molecule has 872 valence electrons. The Kier molecular flexibility index (Phi) is 81.1. The van der Waals surface area contributed by atoms with Crippen molar-refractivity contribution in [2.24, 2.45) is 33.1 Å². The monoisotopic (exact) mass is 2180 g/mol. The summed E-state index contributed by atoms with van der Waals surface area (Å²) < 4.78 is 121. The number of aliphatic hydroxyl groups is 12. The van der Waals surface area contributed by atoms with E-state index in [9.17, 15) is 104 Å². The van der Waals surface area contributed by atoms with E-state index in [4.69, 9.17) is 113 Å². The minimum atomic E-state index is -4.10. The number of amides is 2. The van der Waals surface area contributed by atoms with Crippen molar-refractivity contribution >= 4 is 60.5 Å². The molecule has 3 heterocycles. The molecule has 26 N–H and O–H groups in total. The maximum Gasteiger partial charge on any atom is 0.471 e. The van der Waals surface area contributed by atoms with Gasteiger partial charge in [0.05, 0.1) is 211 Å². The number of allylic oxidation sites excluding steroid dienone is 3. The van der Waals surface area contributed by atoms with E-state index in [1.54, 1.807) is 24.8 Å². The molecular weight excluding hydrogens is 2010 g/mol. The fraction of sp³-hybridized carbons (Fsp3) is 0.845. The third-order valence-corrected chi connectivity index (χ3v) is 24.4. The molecule has 0 aliphatic carbocycles. The number of aliphatic imine (C=N–C) groups is 1. The summed E-state index contributed by atoms with van der Waals surface area (Å²) in [5.74, 6) is 4.79. The Labute approximate surface area is 879 Å². The molecule has 150 heavy (non-hydrogen) atoms. The van der Waals surface area contributed by atoms with Gasteiger partial charge in [0.2, 0.25) is 11.8 Å². The molecule has 3 aliphatic rings. The second-order valence-corrected chi connectivity index (χ2v) is 37.6. The molecule has 16 atom stereocenters. The number of rotatable bonds is 101. The van der Waals surface area contributed by atoms with Gasteiger partial charge in [0, 0.05) is 159 Å². The lowest BCUT2D eigenvalue weighted by molar-refractivity contribution is -0.302. The van der Waals surface area contributed by atoms with Gasteiger partial charge in [-0.15, -0.1) is 0 Å². The molecule has 3 saturated heterocycles. The van der Waals surface area contributed by atoms with Crippen molar-refractivity contribution in [3.05, 3.63) is 35.7 Å². The SMILES string of the molecule is COP(=O)(O)OCCCCC(C=NCCCCCC(=O)NC(COCCC(=O)CCCCCC(=O)CC/C(N)=C/NCCOCCOCCOCCO[C@H]1OC(CO)[C@@H](O)[C@H](O)C1O)(COCCC(=O)CCCCCC(=O)CC/C(N)=C/NCCOCCOCCOCCO[C@H]1OC(CO)[C@@H](O)[C@H](O)C1O)COCCC(=O)NCCCCC(=O)CC/C(N)=C/NCCOCCOCCOCCO[C@H]1OC(CO)[C@@H](O)[C@H](O)C1O)=NN. The number of hydrogen-bond donors (Lipinski definition) is 22. The van der Waals surface area contributed by atoms with Crippen LogP contribution < -0.4 is 49.6 Å². The van der Waals surface area contributed by atoms with Crippen molar-refractivity contribution in [3.63, 3.8) is 0 Å². The Hall–Kier alpha value is -6.64. The first kappa shape index (κ1) is 138. The normalized spacial score (nSPS) is 22.3. The van der Waals surface area contributed by atoms with E-state index in [1.807, 2.05) is 0 Å². The molecule has 0 aromatic carbocycles. The first-order valence-corrected chi connectivity index (χ1v) is 53.6. The average Bonchev–Trinajstić information content (AvgIpc) is 0.825. The van der Waals surface area contributed by atoms with Crippen molar-refractivity contribution in [1.29, 1.82) is 0 Å².